The molecule has 1 heterocycles. The van der Waals surface area contributed by atoms with Gasteiger partial charge in [0.05, 0.1) is 5.69 Å². The lowest BCUT2D eigenvalue weighted by molar-refractivity contribution is 0.351. The predicted molar refractivity (Wildman–Crippen MR) is 63.6 cm³/mol. The van der Waals surface area contributed by atoms with Crippen LogP contribution in [0.15, 0.2) is 36.5 Å². The maximum absolute atomic E-state index is 4.26. The highest BCUT2D eigenvalue weighted by Crippen LogP contribution is 2.02. The Bertz CT molecular complexity index is 285. The highest BCUT2D eigenvalue weighted by molar-refractivity contribution is 7.80. The van der Waals surface area contributed by atoms with Gasteiger partial charge in [-0.2, -0.15) is 12.6 Å². The van der Waals surface area contributed by atoms with Crippen LogP contribution in [0.25, 0.3) is 0 Å². The summed E-state index contributed by atoms with van der Waals surface area (Å²) in [4.78, 5) is 6.44. The minimum absolute atomic E-state index is 0.743. The zero-order valence-electron chi connectivity index (χ0n) is 8.48. The van der Waals surface area contributed by atoms with E-state index in [1.54, 1.807) is 0 Å². The van der Waals surface area contributed by atoms with Crippen molar-refractivity contribution in [2.75, 3.05) is 19.3 Å². The second kappa shape index (κ2) is 5.83. The first-order valence-electron chi connectivity index (χ1n) is 4.58. The molecular formula is C11H16N2S. The molecule has 1 aromatic rings. The molecule has 0 fully saturated rings. The fourth-order valence-corrected chi connectivity index (χ4v) is 1.36. The number of hydrogen-bond acceptors (Lipinski definition) is 3. The fraction of sp³-hybridized carbons (Fsp3) is 0.364. The molecule has 14 heavy (non-hydrogen) atoms. The largest absolute Gasteiger partial charge is 0.297 e. The van der Waals surface area contributed by atoms with Crippen LogP contribution in [0, 0.1) is 0 Å². The number of nitrogens with zero attached hydrogens (tertiary/aromatic N) is 2. The molecule has 0 unspecified atom stereocenters. The first-order chi connectivity index (χ1) is 6.72. The van der Waals surface area contributed by atoms with Gasteiger partial charge < -0.3 is 0 Å². The molecule has 0 atom stereocenters. The molecule has 0 saturated heterocycles. The molecule has 1 aromatic heterocycles. The zero-order chi connectivity index (χ0) is 10.4. The molecule has 0 aliphatic carbocycles. The summed E-state index contributed by atoms with van der Waals surface area (Å²) in [5.74, 6) is 0.743. The molecule has 1 rings (SSSR count). The van der Waals surface area contributed by atoms with E-state index < -0.39 is 0 Å². The molecule has 0 bridgehead atoms. The van der Waals surface area contributed by atoms with Crippen LogP contribution in [-0.4, -0.2) is 29.2 Å². The van der Waals surface area contributed by atoms with Gasteiger partial charge in [0.15, 0.2) is 0 Å². The smallest absolute Gasteiger partial charge is 0.0543 e. The summed E-state index contributed by atoms with van der Waals surface area (Å²) in [6.45, 7) is 5.65. The molecule has 0 aliphatic heterocycles. The van der Waals surface area contributed by atoms with Crippen molar-refractivity contribution in [1.29, 1.82) is 0 Å². The van der Waals surface area contributed by atoms with Gasteiger partial charge in [-0.1, -0.05) is 18.2 Å². The van der Waals surface area contributed by atoms with E-state index in [1.807, 2.05) is 24.4 Å². The van der Waals surface area contributed by atoms with Gasteiger partial charge in [0.25, 0.3) is 0 Å². The van der Waals surface area contributed by atoms with E-state index in [-0.39, 0.29) is 0 Å². The molecule has 0 radical (unpaired) electrons. The Kier molecular flexibility index (Phi) is 4.70. The van der Waals surface area contributed by atoms with E-state index in [0.29, 0.717) is 0 Å². The summed E-state index contributed by atoms with van der Waals surface area (Å²) in [6, 6.07) is 5.96. The average molecular weight is 208 g/mol. The summed E-state index contributed by atoms with van der Waals surface area (Å²) in [5, 5.41) is 0. The van der Waals surface area contributed by atoms with E-state index in [9.17, 15) is 0 Å². The van der Waals surface area contributed by atoms with E-state index in [2.05, 4.69) is 36.1 Å². The third kappa shape index (κ3) is 3.94. The first kappa shape index (κ1) is 11.3. The number of rotatable bonds is 5. The molecular weight excluding hydrogens is 192 g/mol. The SMILES string of the molecule is C=C(CS)CN(C)Cc1ccccn1. The van der Waals surface area contributed by atoms with Crippen LogP contribution in [0.1, 0.15) is 5.69 Å². The van der Waals surface area contributed by atoms with Crippen molar-refractivity contribution in [1.82, 2.24) is 9.88 Å². The Morgan fingerprint density at radius 2 is 2.36 bits per heavy atom. The van der Waals surface area contributed by atoms with Crippen LogP contribution in [0.2, 0.25) is 0 Å². The Labute approximate surface area is 91.1 Å². The van der Waals surface area contributed by atoms with Gasteiger partial charge in [0.2, 0.25) is 0 Å². The summed E-state index contributed by atoms with van der Waals surface area (Å²) >= 11 is 4.17. The summed E-state index contributed by atoms with van der Waals surface area (Å²) in [7, 11) is 2.06. The number of likely N-dealkylation sites (N-methyl/N-ethyl adjacent to an activating group) is 1. The Morgan fingerprint density at radius 1 is 1.57 bits per heavy atom. The standard InChI is InChI=1S/C11H16N2S/c1-10(9-14)7-13(2)8-11-5-3-4-6-12-11/h3-6,14H,1,7-9H2,2H3. The molecule has 0 amide bonds. The Morgan fingerprint density at radius 3 is 2.93 bits per heavy atom. The molecule has 0 saturated carbocycles. The number of hydrogen-bond donors (Lipinski definition) is 1. The third-order valence-corrected chi connectivity index (χ3v) is 2.32. The highest BCUT2D eigenvalue weighted by Gasteiger charge is 2.01. The van der Waals surface area contributed by atoms with E-state index in [1.165, 1.54) is 0 Å². The van der Waals surface area contributed by atoms with Gasteiger partial charge in [-0.05, 0) is 19.2 Å². The lowest BCUT2D eigenvalue weighted by atomic mass is 10.3. The van der Waals surface area contributed by atoms with Crippen LogP contribution < -0.4 is 0 Å². The van der Waals surface area contributed by atoms with E-state index >= 15 is 0 Å². The van der Waals surface area contributed by atoms with Crippen molar-refractivity contribution in [3.8, 4) is 0 Å². The molecule has 0 aliphatic rings. The second-order valence-electron chi connectivity index (χ2n) is 3.40. The Balaban J connectivity index is 2.41. The van der Waals surface area contributed by atoms with Gasteiger partial charge in [-0.25, -0.2) is 0 Å². The quantitative estimate of drug-likeness (QED) is 0.588. The highest BCUT2D eigenvalue weighted by atomic mass is 32.1. The van der Waals surface area contributed by atoms with Crippen LogP contribution in [0.5, 0.6) is 0 Å². The van der Waals surface area contributed by atoms with Crippen molar-refractivity contribution in [2.45, 2.75) is 6.54 Å². The summed E-state index contributed by atoms with van der Waals surface area (Å²) in [5.41, 5.74) is 2.22. The second-order valence-corrected chi connectivity index (χ2v) is 3.72. The van der Waals surface area contributed by atoms with Crippen molar-refractivity contribution in [3.05, 3.63) is 42.2 Å². The molecule has 76 valence electrons. The van der Waals surface area contributed by atoms with Crippen LogP contribution >= 0.6 is 12.6 Å². The maximum Gasteiger partial charge on any atom is 0.0543 e. The molecule has 3 heteroatoms. The summed E-state index contributed by atoms with van der Waals surface area (Å²) < 4.78 is 0. The first-order valence-corrected chi connectivity index (χ1v) is 5.21. The van der Waals surface area contributed by atoms with Gasteiger partial charge in [0, 0.05) is 25.0 Å². The maximum atomic E-state index is 4.26. The zero-order valence-corrected chi connectivity index (χ0v) is 9.37. The van der Waals surface area contributed by atoms with Crippen LogP contribution in [0.4, 0.5) is 0 Å². The third-order valence-electron chi connectivity index (χ3n) is 1.88. The minimum Gasteiger partial charge on any atom is -0.297 e. The van der Waals surface area contributed by atoms with Gasteiger partial charge in [-0.3, -0.25) is 9.88 Å². The number of pyridine rings is 1. The van der Waals surface area contributed by atoms with Crippen molar-refractivity contribution in [2.24, 2.45) is 0 Å². The summed E-state index contributed by atoms with van der Waals surface area (Å²) in [6.07, 6.45) is 1.82. The van der Waals surface area contributed by atoms with Crippen molar-refractivity contribution in [3.63, 3.8) is 0 Å². The van der Waals surface area contributed by atoms with Crippen molar-refractivity contribution >= 4 is 12.6 Å². The molecule has 2 nitrogen and oxygen atoms in total. The van der Waals surface area contributed by atoms with Crippen molar-refractivity contribution < 1.29 is 0 Å². The fourth-order valence-electron chi connectivity index (χ4n) is 1.26. The molecule has 0 N–H and O–H groups in total. The predicted octanol–water partition coefficient (Wildman–Crippen LogP) is 2.00. The normalized spacial score (nSPS) is 10.5. The van der Waals surface area contributed by atoms with Crippen LogP contribution in [-0.2, 0) is 6.54 Å². The molecule has 0 aromatic carbocycles. The average Bonchev–Trinajstić information content (AvgIpc) is 2.19. The minimum atomic E-state index is 0.743. The lowest BCUT2D eigenvalue weighted by Gasteiger charge is -2.16. The van der Waals surface area contributed by atoms with Gasteiger partial charge in [0.1, 0.15) is 0 Å². The lowest BCUT2D eigenvalue weighted by Crippen LogP contribution is -2.21. The number of thiol groups is 1. The van der Waals surface area contributed by atoms with E-state index in [4.69, 9.17) is 0 Å². The number of aromatic nitrogens is 1. The topological polar surface area (TPSA) is 16.1 Å². The van der Waals surface area contributed by atoms with Gasteiger partial charge >= 0.3 is 0 Å². The monoisotopic (exact) mass is 208 g/mol. The van der Waals surface area contributed by atoms with Crippen LogP contribution in [0.3, 0.4) is 0 Å². The van der Waals surface area contributed by atoms with E-state index in [0.717, 1.165) is 30.1 Å². The van der Waals surface area contributed by atoms with Gasteiger partial charge in [-0.15, -0.1) is 0 Å². The molecule has 0 spiro atoms. The Hall–Kier alpha value is -0.800.